The van der Waals surface area contributed by atoms with Crippen molar-refractivity contribution >= 4 is 19.7 Å². The monoisotopic (exact) mass is 387 g/mol. The molecular weight excluding hydrogens is 376 g/mol. The van der Waals surface area contributed by atoms with E-state index >= 15 is 0 Å². The van der Waals surface area contributed by atoms with Crippen LogP contribution in [-0.2, 0) is 23.3 Å². The zero-order valence-corrected chi connectivity index (χ0v) is 13.2. The average molecular weight is 387 g/mol. The largest absolute Gasteiger partial charge is 0.524 e. The highest BCUT2D eigenvalue weighted by molar-refractivity contribution is 8.19. The first kappa shape index (κ1) is 19.9. The van der Waals surface area contributed by atoms with Crippen molar-refractivity contribution in [2.75, 3.05) is 14.1 Å². The van der Waals surface area contributed by atoms with Crippen LogP contribution < -0.4 is 0 Å². The van der Waals surface area contributed by atoms with E-state index in [0.29, 0.717) is 26.2 Å². The lowest BCUT2D eigenvalue weighted by molar-refractivity contribution is -0.0649. The molecule has 0 saturated heterocycles. The lowest BCUT2D eigenvalue weighted by Gasteiger charge is -2.51. The SMILES string of the molecule is CN(C)S(=O)(OS(=O)(=O)C(F)(F)F)(c1ccccc1)C(F)(F)F. The van der Waals surface area contributed by atoms with Crippen LogP contribution in [-0.4, -0.2) is 42.0 Å². The lowest BCUT2D eigenvalue weighted by Crippen LogP contribution is -2.60. The fraction of sp³-hybridized carbons (Fsp3) is 0.400. The molecule has 0 N–H and O–H groups in total. The number of alkyl halides is 6. The Morgan fingerprint density at radius 2 is 1.43 bits per heavy atom. The Kier molecular flexibility index (Phi) is 4.69. The van der Waals surface area contributed by atoms with Crippen LogP contribution in [0.5, 0.6) is 0 Å². The van der Waals surface area contributed by atoms with E-state index in [2.05, 4.69) is 3.63 Å². The molecule has 1 rings (SSSR count). The van der Waals surface area contributed by atoms with Crippen LogP contribution in [0.2, 0.25) is 0 Å². The number of hydrogen-bond donors (Lipinski definition) is 0. The summed E-state index contributed by atoms with van der Waals surface area (Å²) in [6, 6.07) is 4.22. The summed E-state index contributed by atoms with van der Waals surface area (Å²) in [7, 11) is -12.9. The molecule has 0 aliphatic heterocycles. The van der Waals surface area contributed by atoms with Crippen molar-refractivity contribution in [1.82, 2.24) is 4.31 Å². The predicted molar refractivity (Wildman–Crippen MR) is 68.7 cm³/mol. The molecular formula is C10H11F6NO4S2. The van der Waals surface area contributed by atoms with E-state index < -0.39 is 35.6 Å². The number of benzene rings is 1. The average Bonchev–Trinajstić information content (AvgIpc) is 2.36. The van der Waals surface area contributed by atoms with Gasteiger partial charge in [0.2, 0.25) is 0 Å². The number of halogens is 6. The van der Waals surface area contributed by atoms with E-state index in [4.69, 9.17) is 0 Å². The highest BCUT2D eigenvalue weighted by Gasteiger charge is 2.66. The van der Waals surface area contributed by atoms with Gasteiger partial charge >= 0.3 is 21.1 Å². The first-order valence-electron chi connectivity index (χ1n) is 5.57. The van der Waals surface area contributed by atoms with E-state index in [0.717, 1.165) is 12.1 Å². The Labute approximate surface area is 127 Å². The van der Waals surface area contributed by atoms with Gasteiger partial charge in [0.05, 0.1) is 4.90 Å². The molecule has 5 nitrogen and oxygen atoms in total. The number of nitrogens with zero attached hydrogens (tertiary/aromatic N) is 1. The van der Waals surface area contributed by atoms with Crippen molar-refractivity contribution in [3.8, 4) is 0 Å². The van der Waals surface area contributed by atoms with E-state index in [-0.39, 0.29) is 4.31 Å². The summed E-state index contributed by atoms with van der Waals surface area (Å²) in [6.45, 7) is 0. The van der Waals surface area contributed by atoms with E-state index in [1.165, 1.54) is 6.07 Å². The van der Waals surface area contributed by atoms with Gasteiger partial charge in [-0.15, -0.1) is 3.63 Å². The maximum Gasteiger partial charge on any atom is 0.524 e. The minimum absolute atomic E-state index is 0.212. The van der Waals surface area contributed by atoms with Crippen LogP contribution in [0.3, 0.4) is 0 Å². The van der Waals surface area contributed by atoms with Crippen molar-refractivity contribution in [1.29, 1.82) is 0 Å². The highest BCUT2D eigenvalue weighted by atomic mass is 32.3. The summed E-state index contributed by atoms with van der Waals surface area (Å²) in [5.74, 6) is 0. The molecule has 0 heterocycles. The summed E-state index contributed by atoms with van der Waals surface area (Å²) >= 11 is 0. The van der Waals surface area contributed by atoms with Crippen LogP contribution in [0.25, 0.3) is 0 Å². The third-order valence-electron chi connectivity index (χ3n) is 2.73. The van der Waals surface area contributed by atoms with Gasteiger partial charge in [0, 0.05) is 14.1 Å². The van der Waals surface area contributed by atoms with Gasteiger partial charge in [-0.05, 0) is 21.7 Å². The Morgan fingerprint density at radius 1 is 1.00 bits per heavy atom. The maximum atomic E-state index is 13.6. The molecule has 0 unspecified atom stereocenters. The topological polar surface area (TPSA) is 63.7 Å². The van der Waals surface area contributed by atoms with Crippen molar-refractivity contribution in [2.24, 2.45) is 0 Å². The molecule has 0 bridgehead atoms. The summed E-state index contributed by atoms with van der Waals surface area (Å²) in [5.41, 5.74) is -12.2. The zero-order valence-electron chi connectivity index (χ0n) is 11.6. The molecule has 13 heteroatoms. The van der Waals surface area contributed by atoms with Gasteiger partial charge in [-0.25, -0.2) is 4.31 Å². The molecule has 0 aliphatic carbocycles. The first-order chi connectivity index (χ1) is 10.1. The minimum Gasteiger partial charge on any atom is -0.204 e. The molecule has 134 valence electrons. The minimum atomic E-state index is -7.11. The van der Waals surface area contributed by atoms with Gasteiger partial charge in [-0.2, -0.15) is 39.0 Å². The molecule has 0 atom stereocenters. The Morgan fingerprint density at radius 3 is 1.74 bits per heavy atom. The van der Waals surface area contributed by atoms with Crippen LogP contribution in [0.15, 0.2) is 35.2 Å². The van der Waals surface area contributed by atoms with Gasteiger partial charge in [-0.3, -0.25) is 0 Å². The second-order valence-corrected chi connectivity index (χ2v) is 9.62. The van der Waals surface area contributed by atoms with Crippen molar-refractivity contribution in [2.45, 2.75) is 15.9 Å². The van der Waals surface area contributed by atoms with Crippen molar-refractivity contribution in [3.05, 3.63) is 30.3 Å². The first-order valence-corrected chi connectivity index (χ1v) is 8.82. The molecule has 0 fully saturated rings. The number of rotatable bonds is 4. The zero-order chi connectivity index (χ0) is 18.3. The molecule has 1 aromatic rings. The highest BCUT2D eigenvalue weighted by Crippen LogP contribution is 2.54. The number of hydrogen-bond acceptors (Lipinski definition) is 4. The van der Waals surface area contributed by atoms with Gasteiger partial charge in [-0.1, -0.05) is 18.2 Å². The molecule has 1 aromatic carbocycles. The summed E-state index contributed by atoms with van der Waals surface area (Å²) in [5, 5.41) is 0. The fourth-order valence-corrected chi connectivity index (χ4v) is 6.04. The Balaban J connectivity index is 3.88. The summed E-state index contributed by atoms with van der Waals surface area (Å²) in [4.78, 5) is -1.27. The third kappa shape index (κ3) is 2.86. The van der Waals surface area contributed by atoms with Gasteiger partial charge in [0.15, 0.2) is 0 Å². The summed E-state index contributed by atoms with van der Waals surface area (Å²) in [6.07, 6.45) is 0. The van der Waals surface area contributed by atoms with E-state index in [1.807, 2.05) is 0 Å². The van der Waals surface area contributed by atoms with Gasteiger partial charge < -0.3 is 0 Å². The second kappa shape index (κ2) is 5.43. The van der Waals surface area contributed by atoms with E-state index in [9.17, 15) is 39.0 Å². The maximum absolute atomic E-state index is 13.6. The molecule has 0 amide bonds. The normalized spacial score (nSPS) is 16.1. The molecule has 23 heavy (non-hydrogen) atoms. The molecule has 0 aromatic heterocycles. The predicted octanol–water partition coefficient (Wildman–Crippen LogP) is 2.64. The standard InChI is InChI=1S/C10H11F6NO4S2/c1-17(2)23(20,10(14,15)16,8-6-4-3-5-7-8)21-22(18,19)9(11,12)13/h3-7H,1-2H3. The molecule has 0 saturated carbocycles. The molecule has 0 radical (unpaired) electrons. The Hall–Kier alpha value is -1.18. The Bertz CT molecular complexity index is 741. The molecule has 0 aliphatic rings. The lowest BCUT2D eigenvalue weighted by atomic mass is 10.4. The summed E-state index contributed by atoms with van der Waals surface area (Å²) < 4.78 is 116. The van der Waals surface area contributed by atoms with Crippen molar-refractivity contribution < 1.29 is 42.6 Å². The quantitative estimate of drug-likeness (QED) is 0.589. The van der Waals surface area contributed by atoms with Crippen molar-refractivity contribution in [3.63, 3.8) is 0 Å². The van der Waals surface area contributed by atoms with Gasteiger partial charge in [0.25, 0.3) is 0 Å². The smallest absolute Gasteiger partial charge is 0.204 e. The third-order valence-corrected chi connectivity index (χ3v) is 8.27. The fourth-order valence-electron chi connectivity index (χ4n) is 1.56. The van der Waals surface area contributed by atoms with Crippen LogP contribution in [0.1, 0.15) is 0 Å². The van der Waals surface area contributed by atoms with Gasteiger partial charge in [0.1, 0.15) is 0 Å². The second-order valence-electron chi connectivity index (χ2n) is 4.37. The van der Waals surface area contributed by atoms with Crippen LogP contribution in [0.4, 0.5) is 26.3 Å². The van der Waals surface area contributed by atoms with E-state index in [1.54, 1.807) is 0 Å². The van der Waals surface area contributed by atoms with Crippen LogP contribution in [0, 0.1) is 0 Å². The van der Waals surface area contributed by atoms with Crippen LogP contribution >= 0.6 is 0 Å². The molecule has 0 spiro atoms.